The molecule has 128 valence electrons. The van der Waals surface area contributed by atoms with E-state index >= 15 is 0 Å². The number of aliphatic hydroxyl groups is 1. The second kappa shape index (κ2) is 8.06. The van der Waals surface area contributed by atoms with Crippen LogP contribution in [0, 0.1) is 17.2 Å². The lowest BCUT2D eigenvalue weighted by Gasteiger charge is -2.32. The predicted octanol–water partition coefficient (Wildman–Crippen LogP) is 3.19. The molecule has 1 aliphatic rings. The molecule has 3 rings (SSSR count). The van der Waals surface area contributed by atoms with E-state index in [1.807, 2.05) is 30.3 Å². The van der Waals surface area contributed by atoms with Crippen molar-refractivity contribution >= 4 is 5.78 Å². The van der Waals surface area contributed by atoms with Crippen LogP contribution in [0.25, 0.3) is 0 Å². The van der Waals surface area contributed by atoms with Crippen LogP contribution in [0.5, 0.6) is 0 Å². The highest BCUT2D eigenvalue weighted by molar-refractivity contribution is 5.97. The van der Waals surface area contributed by atoms with Crippen molar-refractivity contribution in [1.29, 1.82) is 5.26 Å². The molecule has 25 heavy (non-hydrogen) atoms. The van der Waals surface area contributed by atoms with E-state index in [1.165, 1.54) is 0 Å². The van der Waals surface area contributed by atoms with Crippen molar-refractivity contribution in [3.63, 3.8) is 0 Å². The van der Waals surface area contributed by atoms with E-state index in [2.05, 4.69) is 11.0 Å². The van der Waals surface area contributed by atoms with Crippen molar-refractivity contribution < 1.29 is 9.90 Å². The number of hydrogen-bond donors (Lipinski definition) is 1. The average molecular weight is 334 g/mol. The Morgan fingerprint density at radius 1 is 1.12 bits per heavy atom. The van der Waals surface area contributed by atoms with Crippen LogP contribution < -0.4 is 0 Å². The first kappa shape index (κ1) is 17.3. The van der Waals surface area contributed by atoms with Gasteiger partial charge in [-0.05, 0) is 43.6 Å². The third-order valence-electron chi connectivity index (χ3n) is 4.87. The van der Waals surface area contributed by atoms with Crippen molar-refractivity contribution in [3.8, 4) is 6.07 Å². The van der Waals surface area contributed by atoms with E-state index in [1.54, 1.807) is 24.3 Å². The summed E-state index contributed by atoms with van der Waals surface area (Å²) in [7, 11) is 0. The Balaban J connectivity index is 1.52. The standard InChI is InChI=1S/C21H22N2O2/c22-14-16-6-8-17(9-7-16)20(24)15-23-12-10-19(11-13-23)21(25)18-4-2-1-3-5-18/h1-9,19-20,24H,10-13,15H2. The van der Waals surface area contributed by atoms with Crippen molar-refractivity contribution in [2.75, 3.05) is 19.6 Å². The van der Waals surface area contributed by atoms with Gasteiger partial charge in [0.05, 0.1) is 17.7 Å². The van der Waals surface area contributed by atoms with Gasteiger partial charge < -0.3 is 10.0 Å². The van der Waals surface area contributed by atoms with Gasteiger partial charge in [-0.3, -0.25) is 4.79 Å². The number of hydrogen-bond acceptors (Lipinski definition) is 4. The fourth-order valence-corrected chi connectivity index (χ4v) is 3.35. The number of carbonyl (C=O) groups is 1. The Labute approximate surface area is 148 Å². The predicted molar refractivity (Wildman–Crippen MR) is 96.1 cm³/mol. The number of benzene rings is 2. The van der Waals surface area contributed by atoms with Crippen LogP contribution in [0.3, 0.4) is 0 Å². The van der Waals surface area contributed by atoms with Gasteiger partial charge in [-0.2, -0.15) is 5.26 Å². The molecule has 0 spiro atoms. The number of carbonyl (C=O) groups excluding carboxylic acids is 1. The van der Waals surface area contributed by atoms with Gasteiger partial charge in [-0.1, -0.05) is 42.5 Å². The molecule has 1 N–H and O–H groups in total. The zero-order valence-electron chi connectivity index (χ0n) is 14.1. The summed E-state index contributed by atoms with van der Waals surface area (Å²) < 4.78 is 0. The largest absolute Gasteiger partial charge is 0.387 e. The van der Waals surface area contributed by atoms with Gasteiger partial charge in [0.25, 0.3) is 0 Å². The number of likely N-dealkylation sites (tertiary alicyclic amines) is 1. The number of ketones is 1. The quantitative estimate of drug-likeness (QED) is 0.853. The van der Waals surface area contributed by atoms with Gasteiger partial charge in [0.1, 0.15) is 0 Å². The molecule has 4 nitrogen and oxygen atoms in total. The van der Waals surface area contributed by atoms with Crippen LogP contribution >= 0.6 is 0 Å². The highest BCUT2D eigenvalue weighted by Crippen LogP contribution is 2.24. The Morgan fingerprint density at radius 3 is 2.36 bits per heavy atom. The minimum Gasteiger partial charge on any atom is -0.387 e. The Morgan fingerprint density at radius 2 is 1.76 bits per heavy atom. The summed E-state index contributed by atoms with van der Waals surface area (Å²) in [6.07, 6.45) is 1.08. The first-order valence-electron chi connectivity index (χ1n) is 8.67. The van der Waals surface area contributed by atoms with Crippen LogP contribution in [0.2, 0.25) is 0 Å². The van der Waals surface area contributed by atoms with E-state index in [-0.39, 0.29) is 11.7 Å². The molecule has 0 radical (unpaired) electrons. The maximum atomic E-state index is 12.5. The highest BCUT2D eigenvalue weighted by atomic mass is 16.3. The van der Waals surface area contributed by atoms with Crippen LogP contribution in [-0.2, 0) is 0 Å². The van der Waals surface area contributed by atoms with Crippen molar-refractivity contribution in [2.45, 2.75) is 18.9 Å². The topological polar surface area (TPSA) is 64.3 Å². The second-order valence-electron chi connectivity index (χ2n) is 6.55. The maximum absolute atomic E-state index is 12.5. The van der Waals surface area contributed by atoms with E-state index in [0.717, 1.165) is 37.1 Å². The Kier molecular flexibility index (Phi) is 5.60. The molecule has 1 fully saturated rings. The zero-order valence-corrected chi connectivity index (χ0v) is 14.1. The van der Waals surface area contributed by atoms with Crippen LogP contribution in [-0.4, -0.2) is 35.4 Å². The van der Waals surface area contributed by atoms with Crippen LogP contribution in [0.1, 0.15) is 40.4 Å². The summed E-state index contributed by atoms with van der Waals surface area (Å²) in [5, 5.41) is 19.2. The fourth-order valence-electron chi connectivity index (χ4n) is 3.35. The first-order valence-corrected chi connectivity index (χ1v) is 8.67. The number of nitrogens with zero attached hydrogens (tertiary/aromatic N) is 2. The molecule has 2 aromatic carbocycles. The lowest BCUT2D eigenvalue weighted by Crippen LogP contribution is -2.38. The van der Waals surface area contributed by atoms with Crippen molar-refractivity contribution in [1.82, 2.24) is 4.90 Å². The lowest BCUT2D eigenvalue weighted by atomic mass is 9.88. The summed E-state index contributed by atoms with van der Waals surface area (Å²) in [6, 6.07) is 18.6. The van der Waals surface area contributed by atoms with E-state index in [0.29, 0.717) is 12.1 Å². The summed E-state index contributed by atoms with van der Waals surface area (Å²) in [5.74, 6) is 0.304. The number of piperidine rings is 1. The minimum atomic E-state index is -0.575. The molecule has 1 unspecified atom stereocenters. The molecule has 0 aromatic heterocycles. The summed E-state index contributed by atoms with van der Waals surface area (Å²) in [4.78, 5) is 14.7. The van der Waals surface area contributed by atoms with E-state index < -0.39 is 6.10 Å². The average Bonchev–Trinajstić information content (AvgIpc) is 2.68. The molecule has 1 saturated heterocycles. The highest BCUT2D eigenvalue weighted by Gasteiger charge is 2.26. The molecule has 1 heterocycles. The number of nitriles is 1. The third-order valence-corrected chi connectivity index (χ3v) is 4.87. The van der Waals surface area contributed by atoms with Gasteiger partial charge in [-0.15, -0.1) is 0 Å². The van der Waals surface area contributed by atoms with Gasteiger partial charge in [0.2, 0.25) is 0 Å². The number of β-amino-alcohol motifs (C(OH)–C–C–N with tert-alkyl or cyclic N) is 1. The fraction of sp³-hybridized carbons (Fsp3) is 0.333. The van der Waals surface area contributed by atoms with Crippen molar-refractivity contribution in [2.24, 2.45) is 5.92 Å². The Bertz CT molecular complexity index is 742. The normalized spacial score (nSPS) is 17.0. The summed E-state index contributed by atoms with van der Waals surface area (Å²) in [6.45, 7) is 2.19. The van der Waals surface area contributed by atoms with Gasteiger partial charge in [0, 0.05) is 18.0 Å². The molecular weight excluding hydrogens is 312 g/mol. The smallest absolute Gasteiger partial charge is 0.166 e. The number of rotatable bonds is 5. The third kappa shape index (κ3) is 4.33. The Hall–Kier alpha value is -2.48. The molecule has 1 aliphatic heterocycles. The molecular formula is C21H22N2O2. The van der Waals surface area contributed by atoms with E-state index in [4.69, 9.17) is 5.26 Å². The monoisotopic (exact) mass is 334 g/mol. The number of Topliss-reactive ketones (excluding diaryl/α,β-unsaturated/α-hetero) is 1. The molecule has 0 bridgehead atoms. The second-order valence-corrected chi connectivity index (χ2v) is 6.55. The SMILES string of the molecule is N#Cc1ccc(C(O)CN2CCC(C(=O)c3ccccc3)CC2)cc1. The molecule has 2 aromatic rings. The van der Waals surface area contributed by atoms with E-state index in [9.17, 15) is 9.90 Å². The summed E-state index contributed by atoms with van der Waals surface area (Å²) in [5.41, 5.74) is 2.20. The molecule has 0 aliphatic carbocycles. The van der Waals surface area contributed by atoms with Crippen LogP contribution in [0.4, 0.5) is 0 Å². The lowest BCUT2D eigenvalue weighted by molar-refractivity contribution is 0.0727. The van der Waals surface area contributed by atoms with Gasteiger partial charge in [-0.25, -0.2) is 0 Å². The van der Waals surface area contributed by atoms with Gasteiger partial charge >= 0.3 is 0 Å². The first-order chi connectivity index (χ1) is 12.2. The molecule has 0 saturated carbocycles. The minimum absolute atomic E-state index is 0.0747. The molecule has 4 heteroatoms. The van der Waals surface area contributed by atoms with Gasteiger partial charge in [0.15, 0.2) is 5.78 Å². The zero-order chi connectivity index (χ0) is 17.6. The van der Waals surface area contributed by atoms with Crippen molar-refractivity contribution in [3.05, 3.63) is 71.3 Å². The molecule has 0 amide bonds. The maximum Gasteiger partial charge on any atom is 0.166 e. The summed E-state index contributed by atoms with van der Waals surface area (Å²) >= 11 is 0. The molecule has 1 atom stereocenters. The number of aliphatic hydroxyl groups excluding tert-OH is 1. The van der Waals surface area contributed by atoms with Crippen LogP contribution in [0.15, 0.2) is 54.6 Å².